The van der Waals surface area contributed by atoms with Gasteiger partial charge in [-0.15, -0.1) is 0 Å². The predicted molar refractivity (Wildman–Crippen MR) is 77.6 cm³/mol. The maximum Gasteiger partial charge on any atom is 0.271 e. The summed E-state index contributed by atoms with van der Waals surface area (Å²) in [4.78, 5) is 0. The van der Waals surface area contributed by atoms with E-state index in [4.69, 9.17) is 4.74 Å². The van der Waals surface area contributed by atoms with Crippen LogP contribution in [0.25, 0.3) is 0 Å². The SMILES string of the molecule is CC(C)OCC(C)(C)CCC=CC(F)(F)C(C)(C)C. The summed E-state index contributed by atoms with van der Waals surface area (Å²) in [5.74, 6) is -2.76. The summed E-state index contributed by atoms with van der Waals surface area (Å²) in [5.41, 5.74) is -1.01. The van der Waals surface area contributed by atoms with Crippen LogP contribution in [-0.4, -0.2) is 18.6 Å². The van der Waals surface area contributed by atoms with Crippen LogP contribution < -0.4 is 0 Å². The first-order chi connectivity index (χ1) is 8.37. The Labute approximate surface area is 117 Å². The van der Waals surface area contributed by atoms with Gasteiger partial charge in [-0.05, 0) is 38.2 Å². The zero-order valence-corrected chi connectivity index (χ0v) is 13.5. The molecule has 0 rings (SSSR count). The molecule has 0 aliphatic rings. The second-order valence-electron chi connectivity index (χ2n) is 7.34. The van der Waals surface area contributed by atoms with Gasteiger partial charge >= 0.3 is 0 Å². The lowest BCUT2D eigenvalue weighted by atomic mass is 9.86. The van der Waals surface area contributed by atoms with Crippen molar-refractivity contribution in [3.8, 4) is 0 Å². The summed E-state index contributed by atoms with van der Waals surface area (Å²) in [6, 6.07) is 0. The molecule has 0 heterocycles. The van der Waals surface area contributed by atoms with Crippen molar-refractivity contribution >= 4 is 0 Å². The topological polar surface area (TPSA) is 9.23 Å². The average molecular weight is 276 g/mol. The third kappa shape index (κ3) is 7.66. The highest BCUT2D eigenvalue weighted by atomic mass is 19.3. The van der Waals surface area contributed by atoms with Gasteiger partial charge in [0.2, 0.25) is 0 Å². The zero-order chi connectivity index (χ0) is 15.3. The second kappa shape index (κ2) is 6.83. The fourth-order valence-electron chi connectivity index (χ4n) is 1.42. The minimum atomic E-state index is -2.76. The second-order valence-corrected chi connectivity index (χ2v) is 7.34. The van der Waals surface area contributed by atoms with E-state index in [1.165, 1.54) is 0 Å². The number of halogens is 2. The van der Waals surface area contributed by atoms with Crippen molar-refractivity contribution in [3.63, 3.8) is 0 Å². The van der Waals surface area contributed by atoms with Gasteiger partial charge in [-0.2, -0.15) is 0 Å². The minimum Gasteiger partial charge on any atom is -0.378 e. The maximum absolute atomic E-state index is 13.7. The number of hydrogen-bond donors (Lipinski definition) is 0. The van der Waals surface area contributed by atoms with Crippen LogP contribution >= 0.6 is 0 Å². The van der Waals surface area contributed by atoms with Crippen LogP contribution in [0.3, 0.4) is 0 Å². The lowest BCUT2D eigenvalue weighted by Crippen LogP contribution is -2.31. The quantitative estimate of drug-likeness (QED) is 0.561. The number of alkyl halides is 2. The molecule has 0 saturated heterocycles. The van der Waals surface area contributed by atoms with Gasteiger partial charge in [-0.1, -0.05) is 40.7 Å². The molecule has 114 valence electrons. The number of rotatable bonds is 7. The summed E-state index contributed by atoms with van der Waals surface area (Å²) >= 11 is 0. The molecule has 0 saturated carbocycles. The summed E-state index contributed by atoms with van der Waals surface area (Å²) in [7, 11) is 0. The molecular weight excluding hydrogens is 246 g/mol. The third-order valence-corrected chi connectivity index (χ3v) is 3.12. The molecule has 3 heteroatoms. The lowest BCUT2D eigenvalue weighted by molar-refractivity contribution is -0.0502. The molecule has 0 atom stereocenters. The molecule has 0 radical (unpaired) electrons. The maximum atomic E-state index is 13.7. The fourth-order valence-corrected chi connectivity index (χ4v) is 1.42. The van der Waals surface area contributed by atoms with Crippen LogP contribution in [0.5, 0.6) is 0 Å². The van der Waals surface area contributed by atoms with E-state index in [-0.39, 0.29) is 11.5 Å². The number of hydrogen-bond acceptors (Lipinski definition) is 1. The highest BCUT2D eigenvalue weighted by Gasteiger charge is 2.40. The van der Waals surface area contributed by atoms with Crippen LogP contribution in [0.1, 0.15) is 61.3 Å². The molecule has 0 bridgehead atoms. The van der Waals surface area contributed by atoms with Gasteiger partial charge in [0.25, 0.3) is 5.92 Å². The first-order valence-corrected chi connectivity index (χ1v) is 7.04. The average Bonchev–Trinajstić information content (AvgIpc) is 2.20. The monoisotopic (exact) mass is 276 g/mol. The van der Waals surface area contributed by atoms with E-state index in [9.17, 15) is 8.78 Å². The smallest absolute Gasteiger partial charge is 0.271 e. The Morgan fingerprint density at radius 1 is 1.05 bits per heavy atom. The highest BCUT2D eigenvalue weighted by Crippen LogP contribution is 2.37. The van der Waals surface area contributed by atoms with Crippen molar-refractivity contribution in [1.82, 2.24) is 0 Å². The molecule has 0 aromatic heterocycles. The van der Waals surface area contributed by atoms with Crippen molar-refractivity contribution < 1.29 is 13.5 Å². The molecule has 0 amide bonds. The van der Waals surface area contributed by atoms with Crippen molar-refractivity contribution in [2.45, 2.75) is 73.3 Å². The van der Waals surface area contributed by atoms with Crippen LogP contribution in [0.2, 0.25) is 0 Å². The molecular formula is C16H30F2O. The van der Waals surface area contributed by atoms with E-state index >= 15 is 0 Å². The lowest BCUT2D eigenvalue weighted by Gasteiger charge is -2.28. The van der Waals surface area contributed by atoms with Crippen LogP contribution in [0.4, 0.5) is 8.78 Å². The van der Waals surface area contributed by atoms with Gasteiger partial charge in [0.15, 0.2) is 0 Å². The van der Waals surface area contributed by atoms with Gasteiger partial charge in [0, 0.05) is 5.41 Å². The van der Waals surface area contributed by atoms with Crippen LogP contribution in [-0.2, 0) is 4.74 Å². The first-order valence-electron chi connectivity index (χ1n) is 7.04. The molecule has 0 fully saturated rings. The van der Waals surface area contributed by atoms with Crippen molar-refractivity contribution in [1.29, 1.82) is 0 Å². The molecule has 0 N–H and O–H groups in total. The third-order valence-electron chi connectivity index (χ3n) is 3.12. The van der Waals surface area contributed by atoms with Crippen LogP contribution in [0.15, 0.2) is 12.2 Å². The summed E-state index contributed by atoms with van der Waals surface area (Å²) in [5, 5.41) is 0. The Balaban J connectivity index is 4.22. The number of ether oxygens (including phenoxy) is 1. The normalized spacial score (nSPS) is 14.6. The zero-order valence-electron chi connectivity index (χ0n) is 13.5. The Morgan fingerprint density at radius 3 is 2.00 bits per heavy atom. The summed E-state index contributed by atoms with van der Waals surface area (Å²) in [6.45, 7) is 13.5. The molecule has 1 nitrogen and oxygen atoms in total. The van der Waals surface area contributed by atoms with Gasteiger partial charge in [0.05, 0.1) is 12.7 Å². The molecule has 0 unspecified atom stereocenters. The highest BCUT2D eigenvalue weighted by molar-refractivity contribution is 5.01. The fraction of sp³-hybridized carbons (Fsp3) is 0.875. The van der Waals surface area contributed by atoms with E-state index in [1.54, 1.807) is 26.8 Å². The van der Waals surface area contributed by atoms with Crippen molar-refractivity contribution in [2.24, 2.45) is 10.8 Å². The minimum absolute atomic E-state index is 0.0195. The van der Waals surface area contributed by atoms with E-state index < -0.39 is 11.3 Å². The molecule has 0 aromatic rings. The molecule has 0 aliphatic carbocycles. The van der Waals surface area contributed by atoms with E-state index in [2.05, 4.69) is 13.8 Å². The predicted octanol–water partition coefficient (Wildman–Crippen LogP) is 5.46. The Hall–Kier alpha value is -0.440. The standard InChI is InChI=1S/C16H30F2O/c1-13(2)19-12-15(6,7)10-8-9-11-16(17,18)14(3,4)5/h9,11,13H,8,10,12H2,1-7H3. The van der Waals surface area contributed by atoms with Gasteiger partial charge < -0.3 is 4.74 Å². The summed E-state index contributed by atoms with van der Waals surface area (Å²) in [6.07, 6.45) is 4.35. The van der Waals surface area contributed by atoms with Crippen molar-refractivity contribution in [3.05, 3.63) is 12.2 Å². The van der Waals surface area contributed by atoms with E-state index in [1.807, 2.05) is 13.8 Å². The van der Waals surface area contributed by atoms with E-state index in [0.29, 0.717) is 13.0 Å². The Bertz CT molecular complexity index is 286. The largest absolute Gasteiger partial charge is 0.378 e. The molecule has 0 aromatic carbocycles. The Morgan fingerprint density at radius 2 is 1.58 bits per heavy atom. The van der Waals surface area contributed by atoms with Gasteiger partial charge in [-0.25, -0.2) is 8.78 Å². The van der Waals surface area contributed by atoms with Gasteiger partial charge in [0.1, 0.15) is 0 Å². The Kier molecular flexibility index (Phi) is 6.67. The molecule has 0 spiro atoms. The first kappa shape index (κ1) is 18.6. The molecule has 19 heavy (non-hydrogen) atoms. The van der Waals surface area contributed by atoms with Gasteiger partial charge in [-0.3, -0.25) is 0 Å². The van der Waals surface area contributed by atoms with E-state index in [0.717, 1.165) is 12.5 Å². The van der Waals surface area contributed by atoms with Crippen LogP contribution in [0, 0.1) is 10.8 Å². The summed E-state index contributed by atoms with van der Waals surface area (Å²) < 4.78 is 33.0. The number of allylic oxidation sites excluding steroid dienone is 2. The van der Waals surface area contributed by atoms with Crippen molar-refractivity contribution in [2.75, 3.05) is 6.61 Å². The molecule has 0 aliphatic heterocycles.